The largest absolute Gasteiger partial charge is 0.320 e. The highest BCUT2D eigenvalue weighted by Gasteiger charge is 2.18. The second-order valence-electron chi connectivity index (χ2n) is 6.99. The van der Waals surface area contributed by atoms with Gasteiger partial charge in [0, 0.05) is 5.75 Å². The van der Waals surface area contributed by atoms with Crippen LogP contribution in [-0.2, 0) is 16.0 Å². The number of hydrogen-bond donors (Lipinski definition) is 1. The number of carbonyl (C=O) groups excluding carboxylic acids is 1. The first kappa shape index (κ1) is 19.4. The Labute approximate surface area is 152 Å². The Morgan fingerprint density at radius 1 is 1.08 bits per heavy atom. The standard InChI is InChI=1S/C20H23F2NOS/c1-13(19(24)23-18-16(21)6-5-7-17(18)22)25-12-14-8-10-15(11-9-14)20(2,3)4/h5-11,13H,12H2,1-4H3,(H,23,24). The first-order chi connectivity index (χ1) is 11.7. The van der Waals surface area contributed by atoms with E-state index in [1.807, 2.05) is 0 Å². The molecule has 0 spiro atoms. The lowest BCUT2D eigenvalue weighted by molar-refractivity contribution is -0.115. The van der Waals surface area contributed by atoms with Gasteiger partial charge in [-0.2, -0.15) is 0 Å². The predicted molar refractivity (Wildman–Crippen MR) is 101 cm³/mol. The molecule has 134 valence electrons. The normalized spacial score (nSPS) is 12.7. The van der Waals surface area contributed by atoms with E-state index in [4.69, 9.17) is 0 Å². The Morgan fingerprint density at radius 3 is 2.16 bits per heavy atom. The highest BCUT2D eigenvalue weighted by Crippen LogP contribution is 2.25. The minimum Gasteiger partial charge on any atom is -0.320 e. The number of nitrogens with one attached hydrogen (secondary N) is 1. The van der Waals surface area contributed by atoms with Crippen LogP contribution in [0.5, 0.6) is 0 Å². The lowest BCUT2D eigenvalue weighted by Gasteiger charge is -2.19. The molecule has 0 heterocycles. The van der Waals surface area contributed by atoms with Crippen LogP contribution in [0.25, 0.3) is 0 Å². The van der Waals surface area contributed by atoms with Crippen molar-refractivity contribution in [3.8, 4) is 0 Å². The number of benzene rings is 2. The molecule has 0 saturated carbocycles. The molecule has 5 heteroatoms. The van der Waals surface area contributed by atoms with Gasteiger partial charge in [0.05, 0.1) is 5.25 Å². The second kappa shape index (κ2) is 8.00. The fourth-order valence-corrected chi connectivity index (χ4v) is 3.09. The van der Waals surface area contributed by atoms with Gasteiger partial charge in [-0.25, -0.2) is 8.78 Å². The third-order valence-electron chi connectivity index (χ3n) is 3.90. The van der Waals surface area contributed by atoms with Crippen molar-refractivity contribution in [2.45, 2.75) is 44.1 Å². The molecule has 2 rings (SSSR count). The van der Waals surface area contributed by atoms with Gasteiger partial charge < -0.3 is 5.32 Å². The van der Waals surface area contributed by atoms with Gasteiger partial charge in [0.1, 0.15) is 17.3 Å². The summed E-state index contributed by atoms with van der Waals surface area (Å²) in [4.78, 5) is 12.2. The smallest absolute Gasteiger partial charge is 0.237 e. The van der Waals surface area contributed by atoms with Crippen LogP contribution in [0.1, 0.15) is 38.8 Å². The summed E-state index contributed by atoms with van der Waals surface area (Å²) < 4.78 is 27.2. The summed E-state index contributed by atoms with van der Waals surface area (Å²) in [6.45, 7) is 8.20. The first-order valence-corrected chi connectivity index (χ1v) is 9.19. The fraction of sp³-hybridized carbons (Fsp3) is 0.350. The summed E-state index contributed by atoms with van der Waals surface area (Å²) in [5.74, 6) is -1.31. The van der Waals surface area contributed by atoms with E-state index in [-0.39, 0.29) is 5.41 Å². The lowest BCUT2D eigenvalue weighted by Crippen LogP contribution is -2.23. The zero-order valence-corrected chi connectivity index (χ0v) is 15.7. The predicted octanol–water partition coefficient (Wildman–Crippen LogP) is 5.52. The van der Waals surface area contributed by atoms with Crippen LogP contribution in [0.3, 0.4) is 0 Å². The number of rotatable bonds is 5. The molecule has 0 aliphatic rings. The number of hydrogen-bond acceptors (Lipinski definition) is 2. The van der Waals surface area contributed by atoms with E-state index in [1.54, 1.807) is 6.92 Å². The summed E-state index contributed by atoms with van der Waals surface area (Å²) in [5.41, 5.74) is 2.06. The Kier molecular flexibility index (Phi) is 6.22. The molecule has 0 aliphatic carbocycles. The van der Waals surface area contributed by atoms with E-state index in [0.717, 1.165) is 17.7 Å². The SMILES string of the molecule is CC(SCc1ccc(C(C)(C)C)cc1)C(=O)Nc1c(F)cccc1F. The Hall–Kier alpha value is -1.88. The topological polar surface area (TPSA) is 29.1 Å². The fourth-order valence-electron chi connectivity index (χ4n) is 2.24. The summed E-state index contributed by atoms with van der Waals surface area (Å²) >= 11 is 1.42. The summed E-state index contributed by atoms with van der Waals surface area (Å²) in [5, 5.41) is 1.90. The van der Waals surface area contributed by atoms with Gasteiger partial charge in [-0.15, -0.1) is 11.8 Å². The van der Waals surface area contributed by atoms with E-state index in [1.165, 1.54) is 23.4 Å². The van der Waals surface area contributed by atoms with Gasteiger partial charge in [-0.1, -0.05) is 51.1 Å². The van der Waals surface area contributed by atoms with Crippen molar-refractivity contribution in [1.82, 2.24) is 0 Å². The molecule has 2 nitrogen and oxygen atoms in total. The van der Waals surface area contributed by atoms with Crippen LogP contribution in [0.2, 0.25) is 0 Å². The van der Waals surface area contributed by atoms with Crippen LogP contribution in [0.15, 0.2) is 42.5 Å². The van der Waals surface area contributed by atoms with Gasteiger partial charge in [0.15, 0.2) is 0 Å². The van der Waals surface area contributed by atoms with E-state index >= 15 is 0 Å². The summed E-state index contributed by atoms with van der Waals surface area (Å²) in [7, 11) is 0. The number of anilines is 1. The minimum absolute atomic E-state index is 0.0999. The third kappa shape index (κ3) is 5.30. The molecule has 1 unspecified atom stereocenters. The molecule has 0 radical (unpaired) electrons. The van der Waals surface area contributed by atoms with Crippen LogP contribution in [0.4, 0.5) is 14.5 Å². The van der Waals surface area contributed by atoms with Crippen molar-refractivity contribution in [3.05, 3.63) is 65.2 Å². The molecule has 0 saturated heterocycles. The van der Waals surface area contributed by atoms with Crippen molar-refractivity contribution >= 4 is 23.4 Å². The highest BCUT2D eigenvalue weighted by atomic mass is 32.2. The molecule has 0 aromatic heterocycles. The molecule has 1 N–H and O–H groups in total. The lowest BCUT2D eigenvalue weighted by atomic mass is 9.87. The van der Waals surface area contributed by atoms with Crippen molar-refractivity contribution in [1.29, 1.82) is 0 Å². The zero-order valence-electron chi connectivity index (χ0n) is 14.9. The van der Waals surface area contributed by atoms with Crippen LogP contribution in [-0.4, -0.2) is 11.2 Å². The number of para-hydroxylation sites is 1. The zero-order chi connectivity index (χ0) is 18.6. The molecule has 1 atom stereocenters. The summed E-state index contributed by atoms with van der Waals surface area (Å²) in [6.07, 6.45) is 0. The molecule has 1 amide bonds. The van der Waals surface area contributed by atoms with Crippen molar-refractivity contribution in [2.24, 2.45) is 0 Å². The van der Waals surface area contributed by atoms with Crippen molar-refractivity contribution < 1.29 is 13.6 Å². The molecule has 25 heavy (non-hydrogen) atoms. The average Bonchev–Trinajstić information content (AvgIpc) is 2.55. The number of carbonyl (C=O) groups is 1. The number of halogens is 2. The van der Waals surface area contributed by atoms with E-state index in [9.17, 15) is 13.6 Å². The van der Waals surface area contributed by atoms with Gasteiger partial charge in [0.25, 0.3) is 0 Å². The van der Waals surface area contributed by atoms with E-state index < -0.39 is 28.5 Å². The average molecular weight is 363 g/mol. The van der Waals surface area contributed by atoms with E-state index in [2.05, 4.69) is 50.4 Å². The van der Waals surface area contributed by atoms with Crippen LogP contribution < -0.4 is 5.32 Å². The van der Waals surface area contributed by atoms with E-state index in [0.29, 0.717) is 5.75 Å². The monoisotopic (exact) mass is 363 g/mol. The summed E-state index contributed by atoms with van der Waals surface area (Å²) in [6, 6.07) is 11.8. The maximum Gasteiger partial charge on any atom is 0.237 e. The number of thioether (sulfide) groups is 1. The molecule has 0 aliphatic heterocycles. The van der Waals surface area contributed by atoms with Gasteiger partial charge in [-0.05, 0) is 35.6 Å². The van der Waals surface area contributed by atoms with Crippen LogP contribution in [0, 0.1) is 11.6 Å². The third-order valence-corrected chi connectivity index (χ3v) is 5.11. The molecular formula is C20H23F2NOS. The Morgan fingerprint density at radius 2 is 1.64 bits per heavy atom. The molecular weight excluding hydrogens is 340 g/mol. The van der Waals surface area contributed by atoms with Crippen LogP contribution >= 0.6 is 11.8 Å². The van der Waals surface area contributed by atoms with Crippen molar-refractivity contribution in [2.75, 3.05) is 5.32 Å². The number of amides is 1. The molecule has 0 bridgehead atoms. The van der Waals surface area contributed by atoms with Crippen molar-refractivity contribution in [3.63, 3.8) is 0 Å². The minimum atomic E-state index is -0.775. The van der Waals surface area contributed by atoms with Gasteiger partial charge in [0.2, 0.25) is 5.91 Å². The van der Waals surface area contributed by atoms with Gasteiger partial charge in [-0.3, -0.25) is 4.79 Å². The maximum atomic E-state index is 13.6. The molecule has 2 aromatic carbocycles. The Bertz CT molecular complexity index is 718. The molecule has 0 fully saturated rings. The highest BCUT2D eigenvalue weighted by molar-refractivity contribution is 7.99. The quantitative estimate of drug-likeness (QED) is 0.757. The maximum absolute atomic E-state index is 13.6. The second-order valence-corrected chi connectivity index (χ2v) is 8.32. The van der Waals surface area contributed by atoms with Gasteiger partial charge >= 0.3 is 0 Å². The molecule has 2 aromatic rings. The first-order valence-electron chi connectivity index (χ1n) is 8.14. The Balaban J connectivity index is 1.93.